The van der Waals surface area contributed by atoms with Gasteiger partial charge in [-0.1, -0.05) is 23.7 Å². The molecule has 0 radical (unpaired) electrons. The highest BCUT2D eigenvalue weighted by Crippen LogP contribution is 2.26. The number of esters is 1. The van der Waals surface area contributed by atoms with Crippen molar-refractivity contribution in [2.24, 2.45) is 5.92 Å². The van der Waals surface area contributed by atoms with Crippen LogP contribution in [0.1, 0.15) is 19.8 Å². The second kappa shape index (κ2) is 8.12. The van der Waals surface area contributed by atoms with E-state index in [0.717, 1.165) is 19.4 Å². The van der Waals surface area contributed by atoms with Gasteiger partial charge in [-0.05, 0) is 50.7 Å². The smallest absolute Gasteiger partial charge is 0.310 e. The molecule has 134 valence electrons. The molecule has 3 rings (SSSR count). The average molecular weight is 382 g/mol. The Morgan fingerprint density at radius 2 is 2.28 bits per heavy atom. The van der Waals surface area contributed by atoms with E-state index in [9.17, 15) is 4.79 Å². The van der Waals surface area contributed by atoms with Gasteiger partial charge in [-0.25, -0.2) is 4.68 Å². The summed E-state index contributed by atoms with van der Waals surface area (Å²) >= 11 is 11.5. The number of nitrogens with zero attached hydrogens (tertiary/aromatic N) is 3. The number of halogens is 1. The Kier molecular flexibility index (Phi) is 5.88. The van der Waals surface area contributed by atoms with Crippen LogP contribution in [0.5, 0.6) is 0 Å². The highest BCUT2D eigenvalue weighted by molar-refractivity contribution is 7.71. The van der Waals surface area contributed by atoms with Crippen molar-refractivity contribution in [2.75, 3.05) is 19.7 Å². The Labute approximate surface area is 156 Å². The normalized spacial score (nSPS) is 18.2. The van der Waals surface area contributed by atoms with Gasteiger partial charge in [0.1, 0.15) is 0 Å². The van der Waals surface area contributed by atoms with Crippen LogP contribution < -0.4 is 0 Å². The fourth-order valence-corrected chi connectivity index (χ4v) is 3.36. The molecule has 0 amide bonds. The number of piperidine rings is 1. The predicted octanol–water partition coefficient (Wildman–Crippen LogP) is 3.76. The van der Waals surface area contributed by atoms with Gasteiger partial charge in [0.05, 0.1) is 29.8 Å². The quantitative estimate of drug-likeness (QED) is 0.580. The molecule has 0 spiro atoms. The minimum atomic E-state index is -0.132. The van der Waals surface area contributed by atoms with E-state index in [2.05, 4.69) is 10.00 Å². The van der Waals surface area contributed by atoms with E-state index in [1.54, 1.807) is 10.7 Å². The maximum absolute atomic E-state index is 12.0. The van der Waals surface area contributed by atoms with Gasteiger partial charge in [0.2, 0.25) is 5.89 Å². The molecule has 25 heavy (non-hydrogen) atoms. The van der Waals surface area contributed by atoms with Crippen LogP contribution in [-0.2, 0) is 16.2 Å². The molecule has 0 aliphatic carbocycles. The molecule has 1 aliphatic rings. The predicted molar refractivity (Wildman–Crippen MR) is 96.7 cm³/mol. The summed E-state index contributed by atoms with van der Waals surface area (Å²) in [6.45, 7) is 4.22. The van der Waals surface area contributed by atoms with Gasteiger partial charge in [-0.15, -0.1) is 5.10 Å². The molecule has 0 N–H and O–H groups in total. The summed E-state index contributed by atoms with van der Waals surface area (Å²) in [5, 5.41) is 5.01. The zero-order valence-corrected chi connectivity index (χ0v) is 15.6. The van der Waals surface area contributed by atoms with Crippen molar-refractivity contribution in [2.45, 2.75) is 26.4 Å². The average Bonchev–Trinajstić information content (AvgIpc) is 2.96. The van der Waals surface area contributed by atoms with Crippen molar-refractivity contribution in [3.05, 3.63) is 34.1 Å². The molecule has 1 aliphatic heterocycles. The molecule has 1 fully saturated rings. The third-order valence-electron chi connectivity index (χ3n) is 4.17. The van der Waals surface area contributed by atoms with Crippen LogP contribution in [0.15, 0.2) is 28.7 Å². The number of carbonyl (C=O) groups excluding carboxylic acids is 1. The summed E-state index contributed by atoms with van der Waals surface area (Å²) in [6.07, 6.45) is 1.79. The maximum atomic E-state index is 12.0. The van der Waals surface area contributed by atoms with Crippen LogP contribution in [0.3, 0.4) is 0 Å². The Bertz CT molecular complexity index is 804. The minimum Gasteiger partial charge on any atom is -0.466 e. The third-order valence-corrected chi connectivity index (χ3v) is 4.79. The van der Waals surface area contributed by atoms with Gasteiger partial charge in [-0.3, -0.25) is 9.69 Å². The van der Waals surface area contributed by atoms with Gasteiger partial charge in [0.15, 0.2) is 0 Å². The van der Waals surface area contributed by atoms with Gasteiger partial charge in [0, 0.05) is 6.54 Å². The molecule has 2 aromatic rings. The van der Waals surface area contributed by atoms with E-state index < -0.39 is 0 Å². The standard InChI is InChI=1S/C17H20ClN3O3S/c1-2-23-16(22)12-6-5-9-20(10-12)11-21-17(25)24-15(19-21)13-7-3-4-8-14(13)18/h3-4,7-8,12H,2,5-6,9-11H2,1H3. The maximum Gasteiger partial charge on any atom is 0.310 e. The summed E-state index contributed by atoms with van der Waals surface area (Å²) < 4.78 is 12.4. The van der Waals surface area contributed by atoms with Crippen molar-refractivity contribution < 1.29 is 13.9 Å². The van der Waals surface area contributed by atoms with Gasteiger partial charge < -0.3 is 9.15 Å². The monoisotopic (exact) mass is 381 g/mol. The van der Waals surface area contributed by atoms with Crippen LogP contribution in [0.4, 0.5) is 0 Å². The lowest BCUT2D eigenvalue weighted by molar-refractivity contribution is -0.150. The molecule has 0 saturated carbocycles. The molecule has 1 aromatic carbocycles. The summed E-state index contributed by atoms with van der Waals surface area (Å²) in [5.41, 5.74) is 0.706. The minimum absolute atomic E-state index is 0.0992. The first-order chi connectivity index (χ1) is 12.1. The van der Waals surface area contributed by atoms with E-state index in [1.807, 2.05) is 25.1 Å². The first kappa shape index (κ1) is 18.1. The molecule has 1 atom stereocenters. The lowest BCUT2D eigenvalue weighted by Gasteiger charge is -2.30. The zero-order chi connectivity index (χ0) is 17.8. The van der Waals surface area contributed by atoms with E-state index >= 15 is 0 Å². The Balaban J connectivity index is 1.72. The van der Waals surface area contributed by atoms with Crippen molar-refractivity contribution in [3.8, 4) is 11.5 Å². The Morgan fingerprint density at radius 1 is 1.48 bits per heavy atom. The van der Waals surface area contributed by atoms with Crippen molar-refractivity contribution in [3.63, 3.8) is 0 Å². The number of hydrogen-bond acceptors (Lipinski definition) is 6. The molecule has 1 saturated heterocycles. The number of benzene rings is 1. The van der Waals surface area contributed by atoms with Crippen molar-refractivity contribution in [1.82, 2.24) is 14.7 Å². The summed E-state index contributed by atoms with van der Waals surface area (Å²) in [4.78, 5) is 14.4. The Morgan fingerprint density at radius 3 is 3.04 bits per heavy atom. The molecule has 1 unspecified atom stereocenters. The molecule has 1 aromatic heterocycles. The first-order valence-corrected chi connectivity index (χ1v) is 9.09. The molecular weight excluding hydrogens is 362 g/mol. The Hall–Kier alpha value is -1.70. The SMILES string of the molecule is CCOC(=O)C1CCCN(Cn2nc(-c3ccccc3Cl)oc2=S)C1. The van der Waals surface area contributed by atoms with E-state index in [-0.39, 0.29) is 16.7 Å². The van der Waals surface area contributed by atoms with Crippen LogP contribution in [0.2, 0.25) is 5.02 Å². The van der Waals surface area contributed by atoms with Crippen LogP contribution in [-0.4, -0.2) is 40.3 Å². The number of rotatable bonds is 5. The highest BCUT2D eigenvalue weighted by Gasteiger charge is 2.27. The molecular formula is C17H20ClN3O3S. The number of hydrogen-bond donors (Lipinski definition) is 0. The van der Waals surface area contributed by atoms with Crippen molar-refractivity contribution >= 4 is 29.8 Å². The van der Waals surface area contributed by atoms with Gasteiger partial charge in [-0.2, -0.15) is 0 Å². The molecule has 8 heteroatoms. The fraction of sp³-hybridized carbons (Fsp3) is 0.471. The molecule has 6 nitrogen and oxygen atoms in total. The topological polar surface area (TPSA) is 60.5 Å². The second-order valence-corrected chi connectivity index (χ2v) is 6.72. The third kappa shape index (κ3) is 4.29. The van der Waals surface area contributed by atoms with Crippen LogP contribution in [0, 0.1) is 10.8 Å². The number of aromatic nitrogens is 2. The van der Waals surface area contributed by atoms with E-state index in [0.29, 0.717) is 36.3 Å². The second-order valence-electron chi connectivity index (χ2n) is 5.96. The number of likely N-dealkylation sites (tertiary alicyclic amines) is 1. The highest BCUT2D eigenvalue weighted by atomic mass is 35.5. The fourth-order valence-electron chi connectivity index (χ4n) is 2.97. The number of carbonyl (C=O) groups is 1. The zero-order valence-electron chi connectivity index (χ0n) is 14.0. The largest absolute Gasteiger partial charge is 0.466 e. The first-order valence-electron chi connectivity index (χ1n) is 8.30. The van der Waals surface area contributed by atoms with Crippen molar-refractivity contribution in [1.29, 1.82) is 0 Å². The van der Waals surface area contributed by atoms with Gasteiger partial charge >= 0.3 is 5.97 Å². The van der Waals surface area contributed by atoms with Gasteiger partial charge in [0.25, 0.3) is 4.84 Å². The summed E-state index contributed by atoms with van der Waals surface area (Å²) in [5.74, 6) is 0.167. The summed E-state index contributed by atoms with van der Waals surface area (Å²) in [7, 11) is 0. The lowest BCUT2D eigenvalue weighted by atomic mass is 9.99. The number of ether oxygens (including phenoxy) is 1. The van der Waals surface area contributed by atoms with Crippen LogP contribution in [0.25, 0.3) is 11.5 Å². The van der Waals surface area contributed by atoms with E-state index in [4.69, 9.17) is 33.0 Å². The van der Waals surface area contributed by atoms with Crippen LogP contribution >= 0.6 is 23.8 Å². The summed E-state index contributed by atoms with van der Waals surface area (Å²) in [6, 6.07) is 7.34. The lowest BCUT2D eigenvalue weighted by Crippen LogP contribution is -2.40. The van der Waals surface area contributed by atoms with E-state index in [1.165, 1.54) is 0 Å². The molecule has 2 heterocycles. The molecule has 0 bridgehead atoms.